The van der Waals surface area contributed by atoms with Gasteiger partial charge in [-0.25, -0.2) is 0 Å². The van der Waals surface area contributed by atoms with Crippen molar-refractivity contribution in [3.63, 3.8) is 0 Å². The van der Waals surface area contributed by atoms with Crippen molar-refractivity contribution in [3.05, 3.63) is 140 Å². The molecule has 8 aromatic rings. The molecule has 0 aliphatic rings. The molecule has 2 heterocycles. The Labute approximate surface area is 220 Å². The van der Waals surface area contributed by atoms with Crippen LogP contribution in [0.4, 0.5) is 0 Å². The molecule has 2 nitrogen and oxygen atoms in total. The zero-order chi connectivity index (χ0) is 25.1. The third-order valence-electron chi connectivity index (χ3n) is 7.74. The Kier molecular flexibility index (Phi) is 4.55. The molecule has 178 valence electrons. The number of rotatable bonds is 3. The average molecular weight is 485 g/mol. The van der Waals surface area contributed by atoms with Crippen molar-refractivity contribution in [1.29, 1.82) is 0 Å². The number of hydrogen-bond donors (Lipinski definition) is 1. The van der Waals surface area contributed by atoms with Crippen molar-refractivity contribution in [2.75, 3.05) is 0 Å². The van der Waals surface area contributed by atoms with Gasteiger partial charge in [0.25, 0.3) is 0 Å². The molecule has 0 aliphatic heterocycles. The van der Waals surface area contributed by atoms with Gasteiger partial charge in [0.1, 0.15) is 0 Å². The molecule has 8 rings (SSSR count). The lowest BCUT2D eigenvalue weighted by molar-refractivity contribution is 1.19. The van der Waals surface area contributed by atoms with Gasteiger partial charge in [-0.15, -0.1) is 0 Å². The highest BCUT2D eigenvalue weighted by atomic mass is 15.0. The van der Waals surface area contributed by atoms with E-state index < -0.39 is 0 Å². The minimum Gasteiger partial charge on any atom is -0.352 e. The quantitative estimate of drug-likeness (QED) is 0.258. The van der Waals surface area contributed by atoms with Crippen LogP contribution in [0.2, 0.25) is 0 Å². The van der Waals surface area contributed by atoms with E-state index in [0.717, 1.165) is 5.69 Å². The van der Waals surface area contributed by atoms with Crippen LogP contribution in [0.15, 0.2) is 140 Å². The first kappa shape index (κ1) is 21.0. The molecule has 0 saturated heterocycles. The van der Waals surface area contributed by atoms with E-state index in [1.165, 1.54) is 65.9 Å². The molecule has 2 aromatic heterocycles. The van der Waals surface area contributed by atoms with E-state index in [1.54, 1.807) is 0 Å². The van der Waals surface area contributed by atoms with Crippen LogP contribution in [0.3, 0.4) is 0 Å². The number of nitrogens with one attached hydrogen (secondary N) is 1. The summed E-state index contributed by atoms with van der Waals surface area (Å²) >= 11 is 0. The van der Waals surface area contributed by atoms with Crippen LogP contribution in [-0.2, 0) is 0 Å². The Bertz CT molecular complexity index is 2100. The van der Waals surface area contributed by atoms with Crippen molar-refractivity contribution < 1.29 is 0 Å². The number of aromatic amines is 1. The maximum absolute atomic E-state index is 3.85. The molecular weight excluding hydrogens is 460 g/mol. The summed E-state index contributed by atoms with van der Waals surface area (Å²) in [4.78, 5) is 3.85. The molecule has 0 unspecified atom stereocenters. The van der Waals surface area contributed by atoms with Crippen LogP contribution >= 0.6 is 0 Å². The standard InChI is InChI=1S/C36H24N2/c1-3-9-24(10-4-1)26-15-19-29(20-16-26)38-33-22-18-28(25-11-5-2-6-12-25)23-32(33)35-36(38)31-21-17-27-13-7-8-14-30(27)34(31)37-35/h1-23,37H. The molecule has 6 aromatic carbocycles. The second-order valence-corrected chi connectivity index (χ2v) is 9.90. The van der Waals surface area contributed by atoms with Crippen LogP contribution in [0.5, 0.6) is 0 Å². The van der Waals surface area contributed by atoms with Gasteiger partial charge in [-0.1, -0.05) is 115 Å². The molecule has 0 aliphatic carbocycles. The Morgan fingerprint density at radius 3 is 1.82 bits per heavy atom. The smallest absolute Gasteiger partial charge is 0.0798 e. The van der Waals surface area contributed by atoms with Gasteiger partial charge in [-0.2, -0.15) is 0 Å². The molecule has 0 amide bonds. The van der Waals surface area contributed by atoms with E-state index in [2.05, 4.69) is 149 Å². The Morgan fingerprint density at radius 1 is 0.421 bits per heavy atom. The maximum Gasteiger partial charge on any atom is 0.0798 e. The normalized spacial score (nSPS) is 11.7. The van der Waals surface area contributed by atoms with Crippen LogP contribution in [-0.4, -0.2) is 9.55 Å². The highest BCUT2D eigenvalue weighted by molar-refractivity contribution is 6.23. The van der Waals surface area contributed by atoms with E-state index in [-0.39, 0.29) is 0 Å². The predicted molar refractivity (Wildman–Crippen MR) is 161 cm³/mol. The fourth-order valence-electron chi connectivity index (χ4n) is 5.91. The third kappa shape index (κ3) is 3.14. The number of fused-ring (bicyclic) bond motifs is 7. The van der Waals surface area contributed by atoms with Crippen molar-refractivity contribution in [2.45, 2.75) is 0 Å². The van der Waals surface area contributed by atoms with Crippen LogP contribution in [0.25, 0.3) is 71.6 Å². The molecule has 38 heavy (non-hydrogen) atoms. The fourth-order valence-corrected chi connectivity index (χ4v) is 5.91. The summed E-state index contributed by atoms with van der Waals surface area (Å²) in [5, 5.41) is 4.97. The molecule has 0 spiro atoms. The van der Waals surface area contributed by atoms with Crippen LogP contribution in [0, 0.1) is 0 Å². The van der Waals surface area contributed by atoms with Gasteiger partial charge in [-0.3, -0.25) is 0 Å². The summed E-state index contributed by atoms with van der Waals surface area (Å²) in [7, 11) is 0. The number of benzene rings is 6. The lowest BCUT2D eigenvalue weighted by atomic mass is 10.0. The molecule has 0 saturated carbocycles. The van der Waals surface area contributed by atoms with Gasteiger partial charge in [0, 0.05) is 21.8 Å². The molecule has 0 radical (unpaired) electrons. The first-order valence-electron chi connectivity index (χ1n) is 13.0. The molecule has 0 fully saturated rings. The zero-order valence-electron chi connectivity index (χ0n) is 20.7. The van der Waals surface area contributed by atoms with E-state index in [9.17, 15) is 0 Å². The van der Waals surface area contributed by atoms with Crippen molar-refractivity contribution in [3.8, 4) is 27.9 Å². The average Bonchev–Trinajstić information content (AvgIpc) is 3.53. The number of H-pyrrole nitrogens is 1. The largest absolute Gasteiger partial charge is 0.352 e. The highest BCUT2D eigenvalue weighted by Gasteiger charge is 2.19. The minimum atomic E-state index is 1.16. The molecule has 0 bridgehead atoms. The van der Waals surface area contributed by atoms with E-state index >= 15 is 0 Å². The van der Waals surface area contributed by atoms with Crippen molar-refractivity contribution in [2.24, 2.45) is 0 Å². The predicted octanol–water partition coefficient (Wildman–Crippen LogP) is 9.75. The van der Waals surface area contributed by atoms with E-state index in [4.69, 9.17) is 0 Å². The summed E-state index contributed by atoms with van der Waals surface area (Å²) < 4.78 is 2.42. The lowest BCUT2D eigenvalue weighted by Gasteiger charge is -2.10. The number of nitrogens with zero attached hydrogens (tertiary/aromatic N) is 1. The van der Waals surface area contributed by atoms with Gasteiger partial charge in [-0.05, 0) is 51.9 Å². The topological polar surface area (TPSA) is 20.7 Å². The van der Waals surface area contributed by atoms with Gasteiger partial charge >= 0.3 is 0 Å². The summed E-state index contributed by atoms with van der Waals surface area (Å²) in [5.41, 5.74) is 10.8. The van der Waals surface area contributed by atoms with Gasteiger partial charge in [0.05, 0.1) is 22.1 Å². The van der Waals surface area contributed by atoms with Gasteiger partial charge in [0.2, 0.25) is 0 Å². The Morgan fingerprint density at radius 2 is 1.05 bits per heavy atom. The molecule has 2 heteroatoms. The Balaban J connectivity index is 1.44. The SMILES string of the molecule is c1ccc(-c2ccc(-n3c4ccc(-c5ccccc5)cc4c4[nH]c5c6ccccc6ccc5c43)cc2)cc1. The monoisotopic (exact) mass is 484 g/mol. The summed E-state index contributed by atoms with van der Waals surface area (Å²) in [6.07, 6.45) is 0. The third-order valence-corrected chi connectivity index (χ3v) is 7.74. The van der Waals surface area contributed by atoms with Crippen molar-refractivity contribution >= 4 is 43.6 Å². The maximum atomic E-state index is 3.85. The zero-order valence-corrected chi connectivity index (χ0v) is 20.7. The molecular formula is C36H24N2. The number of hydrogen-bond acceptors (Lipinski definition) is 0. The van der Waals surface area contributed by atoms with E-state index in [0.29, 0.717) is 0 Å². The second-order valence-electron chi connectivity index (χ2n) is 9.90. The number of aromatic nitrogens is 2. The van der Waals surface area contributed by atoms with Gasteiger partial charge in [0.15, 0.2) is 0 Å². The van der Waals surface area contributed by atoms with Crippen LogP contribution in [0.1, 0.15) is 0 Å². The second kappa shape index (κ2) is 8.22. The summed E-state index contributed by atoms with van der Waals surface area (Å²) in [6, 6.07) is 50.1. The fraction of sp³-hybridized carbons (Fsp3) is 0. The van der Waals surface area contributed by atoms with Gasteiger partial charge < -0.3 is 9.55 Å². The molecule has 0 atom stereocenters. The Hall–Kier alpha value is -5.08. The highest BCUT2D eigenvalue weighted by Crippen LogP contribution is 2.40. The first-order valence-corrected chi connectivity index (χ1v) is 13.0. The molecule has 1 N–H and O–H groups in total. The summed E-state index contributed by atoms with van der Waals surface area (Å²) in [5.74, 6) is 0. The van der Waals surface area contributed by atoms with Crippen molar-refractivity contribution in [1.82, 2.24) is 9.55 Å². The lowest BCUT2D eigenvalue weighted by Crippen LogP contribution is -1.94. The van der Waals surface area contributed by atoms with Crippen LogP contribution < -0.4 is 0 Å². The summed E-state index contributed by atoms with van der Waals surface area (Å²) in [6.45, 7) is 0. The van der Waals surface area contributed by atoms with E-state index in [1.807, 2.05) is 0 Å². The first-order chi connectivity index (χ1) is 18.8. The minimum absolute atomic E-state index is 1.16.